The monoisotopic (exact) mass is 224 g/mol. The van der Waals surface area contributed by atoms with E-state index in [1.807, 2.05) is 18.7 Å². The van der Waals surface area contributed by atoms with E-state index in [4.69, 9.17) is 16.9 Å². The third kappa shape index (κ3) is 3.37. The summed E-state index contributed by atoms with van der Waals surface area (Å²) in [7, 11) is 0. The van der Waals surface area contributed by atoms with E-state index >= 15 is 0 Å². The first-order valence-electron chi connectivity index (χ1n) is 4.79. The lowest BCUT2D eigenvalue weighted by molar-refractivity contribution is 0.671. The van der Waals surface area contributed by atoms with Crippen molar-refractivity contribution in [3.8, 4) is 6.07 Å². The third-order valence-electron chi connectivity index (χ3n) is 1.99. The summed E-state index contributed by atoms with van der Waals surface area (Å²) >= 11 is 5.70. The van der Waals surface area contributed by atoms with E-state index in [2.05, 4.69) is 16.0 Å². The van der Waals surface area contributed by atoms with Crippen molar-refractivity contribution in [1.29, 1.82) is 5.26 Å². The Labute approximate surface area is 94.5 Å². The van der Waals surface area contributed by atoms with Gasteiger partial charge in [-0.2, -0.15) is 5.26 Å². The van der Waals surface area contributed by atoms with Crippen LogP contribution in [-0.4, -0.2) is 23.1 Å². The Morgan fingerprint density at radius 1 is 1.53 bits per heavy atom. The maximum atomic E-state index is 8.73. The SMILES string of the molecule is CCN(C[C@@H](C)C#N)c1ncc(Cl)cn1. The van der Waals surface area contributed by atoms with E-state index in [1.165, 1.54) is 0 Å². The summed E-state index contributed by atoms with van der Waals surface area (Å²) < 4.78 is 0. The zero-order chi connectivity index (χ0) is 11.3. The summed E-state index contributed by atoms with van der Waals surface area (Å²) in [6.07, 6.45) is 3.12. The molecule has 4 nitrogen and oxygen atoms in total. The lowest BCUT2D eigenvalue weighted by Gasteiger charge is -2.21. The van der Waals surface area contributed by atoms with Gasteiger partial charge in [0.2, 0.25) is 5.95 Å². The van der Waals surface area contributed by atoms with E-state index in [1.54, 1.807) is 12.4 Å². The van der Waals surface area contributed by atoms with E-state index in [9.17, 15) is 0 Å². The molecule has 1 aromatic rings. The van der Waals surface area contributed by atoms with Gasteiger partial charge in [0, 0.05) is 13.1 Å². The molecule has 80 valence electrons. The average molecular weight is 225 g/mol. The fourth-order valence-corrected chi connectivity index (χ4v) is 1.29. The number of nitriles is 1. The Bertz CT molecular complexity index is 343. The van der Waals surface area contributed by atoms with Crippen molar-refractivity contribution in [2.24, 2.45) is 5.92 Å². The van der Waals surface area contributed by atoms with Crippen molar-refractivity contribution in [2.75, 3.05) is 18.0 Å². The summed E-state index contributed by atoms with van der Waals surface area (Å²) in [5.41, 5.74) is 0. The topological polar surface area (TPSA) is 52.8 Å². The molecular weight excluding hydrogens is 212 g/mol. The van der Waals surface area contributed by atoms with Crippen molar-refractivity contribution in [1.82, 2.24) is 9.97 Å². The summed E-state index contributed by atoms with van der Waals surface area (Å²) in [6.45, 7) is 5.28. The van der Waals surface area contributed by atoms with Crippen LogP contribution < -0.4 is 4.90 Å². The molecule has 1 heterocycles. The first kappa shape index (κ1) is 11.7. The second-order valence-electron chi connectivity index (χ2n) is 3.27. The maximum Gasteiger partial charge on any atom is 0.225 e. The van der Waals surface area contributed by atoms with Crippen LogP contribution in [0.25, 0.3) is 0 Å². The Morgan fingerprint density at radius 2 is 2.13 bits per heavy atom. The molecular formula is C10H13ClN4. The van der Waals surface area contributed by atoms with Gasteiger partial charge in [0.1, 0.15) is 0 Å². The quantitative estimate of drug-likeness (QED) is 0.786. The normalized spacial score (nSPS) is 11.9. The molecule has 1 atom stereocenters. The standard InChI is InChI=1S/C10H13ClN4/c1-3-15(7-8(2)4-12)10-13-5-9(11)6-14-10/h5-6,8H,3,7H2,1-2H3/t8-/m0/s1. The molecule has 0 fully saturated rings. The second kappa shape index (κ2) is 5.52. The summed E-state index contributed by atoms with van der Waals surface area (Å²) in [4.78, 5) is 10.2. The van der Waals surface area contributed by atoms with Crippen LogP contribution in [0.2, 0.25) is 5.02 Å². The summed E-state index contributed by atoms with van der Waals surface area (Å²) in [5, 5.41) is 9.25. The first-order valence-corrected chi connectivity index (χ1v) is 5.17. The van der Waals surface area contributed by atoms with Gasteiger partial charge in [-0.1, -0.05) is 11.6 Å². The fourth-order valence-electron chi connectivity index (χ4n) is 1.19. The lowest BCUT2D eigenvalue weighted by atomic mass is 10.2. The van der Waals surface area contributed by atoms with Gasteiger partial charge in [-0.3, -0.25) is 0 Å². The molecule has 0 aliphatic rings. The third-order valence-corrected chi connectivity index (χ3v) is 2.18. The molecule has 0 unspecified atom stereocenters. The van der Waals surface area contributed by atoms with E-state index in [-0.39, 0.29) is 5.92 Å². The first-order chi connectivity index (χ1) is 7.17. The highest BCUT2D eigenvalue weighted by Crippen LogP contribution is 2.11. The van der Waals surface area contributed by atoms with Crippen LogP contribution in [0.3, 0.4) is 0 Å². The van der Waals surface area contributed by atoms with Gasteiger partial charge >= 0.3 is 0 Å². The molecule has 0 amide bonds. The minimum Gasteiger partial charge on any atom is -0.340 e. The van der Waals surface area contributed by atoms with Crippen molar-refractivity contribution >= 4 is 17.5 Å². The molecule has 0 N–H and O–H groups in total. The van der Waals surface area contributed by atoms with Crippen LogP contribution >= 0.6 is 11.6 Å². The van der Waals surface area contributed by atoms with Crippen molar-refractivity contribution < 1.29 is 0 Å². The second-order valence-corrected chi connectivity index (χ2v) is 3.71. The fraction of sp³-hybridized carbons (Fsp3) is 0.500. The van der Waals surface area contributed by atoms with Crippen LogP contribution in [0.15, 0.2) is 12.4 Å². The van der Waals surface area contributed by atoms with Crippen LogP contribution in [-0.2, 0) is 0 Å². The number of hydrogen-bond acceptors (Lipinski definition) is 4. The molecule has 5 heteroatoms. The van der Waals surface area contributed by atoms with Gasteiger partial charge in [0.25, 0.3) is 0 Å². The Hall–Kier alpha value is -1.34. The number of hydrogen-bond donors (Lipinski definition) is 0. The highest BCUT2D eigenvalue weighted by molar-refractivity contribution is 6.30. The molecule has 1 rings (SSSR count). The number of aromatic nitrogens is 2. The number of rotatable bonds is 4. The largest absolute Gasteiger partial charge is 0.340 e. The highest BCUT2D eigenvalue weighted by Gasteiger charge is 2.10. The zero-order valence-corrected chi connectivity index (χ0v) is 9.57. The Kier molecular flexibility index (Phi) is 4.32. The zero-order valence-electron chi connectivity index (χ0n) is 8.81. The number of nitrogens with zero attached hydrogens (tertiary/aromatic N) is 4. The molecule has 0 spiro atoms. The van der Waals surface area contributed by atoms with Gasteiger partial charge in [0.15, 0.2) is 0 Å². The van der Waals surface area contributed by atoms with Crippen molar-refractivity contribution in [3.05, 3.63) is 17.4 Å². The predicted octanol–water partition coefficient (Wildman–Crippen LogP) is 2.12. The van der Waals surface area contributed by atoms with Crippen LogP contribution in [0.5, 0.6) is 0 Å². The molecule has 0 bridgehead atoms. The summed E-state index contributed by atoms with van der Waals surface area (Å²) in [6, 6.07) is 2.19. The minimum absolute atomic E-state index is 0.0378. The van der Waals surface area contributed by atoms with E-state index in [0.29, 0.717) is 17.5 Å². The Morgan fingerprint density at radius 3 is 2.60 bits per heavy atom. The van der Waals surface area contributed by atoms with E-state index < -0.39 is 0 Å². The predicted molar refractivity (Wildman–Crippen MR) is 59.7 cm³/mol. The molecule has 15 heavy (non-hydrogen) atoms. The highest BCUT2D eigenvalue weighted by atomic mass is 35.5. The van der Waals surface area contributed by atoms with Crippen LogP contribution in [0.1, 0.15) is 13.8 Å². The smallest absolute Gasteiger partial charge is 0.225 e. The molecule has 0 radical (unpaired) electrons. The van der Waals surface area contributed by atoms with Gasteiger partial charge in [0.05, 0.1) is 29.4 Å². The molecule has 0 aliphatic heterocycles. The number of halogens is 1. The van der Waals surface area contributed by atoms with E-state index in [0.717, 1.165) is 6.54 Å². The van der Waals surface area contributed by atoms with Crippen LogP contribution in [0.4, 0.5) is 5.95 Å². The van der Waals surface area contributed by atoms with Gasteiger partial charge in [-0.05, 0) is 13.8 Å². The summed E-state index contributed by atoms with van der Waals surface area (Å²) in [5.74, 6) is 0.577. The Balaban J connectivity index is 2.75. The minimum atomic E-state index is -0.0378. The van der Waals surface area contributed by atoms with Crippen molar-refractivity contribution in [3.63, 3.8) is 0 Å². The van der Waals surface area contributed by atoms with Gasteiger partial charge in [-0.15, -0.1) is 0 Å². The average Bonchev–Trinajstić information content (AvgIpc) is 2.27. The molecule has 0 aromatic carbocycles. The molecule has 1 aromatic heterocycles. The van der Waals surface area contributed by atoms with Crippen LogP contribution in [0, 0.1) is 17.2 Å². The number of anilines is 1. The van der Waals surface area contributed by atoms with Gasteiger partial charge in [-0.25, -0.2) is 9.97 Å². The lowest BCUT2D eigenvalue weighted by Crippen LogP contribution is -2.29. The maximum absolute atomic E-state index is 8.73. The molecule has 0 saturated carbocycles. The molecule has 0 aliphatic carbocycles. The van der Waals surface area contributed by atoms with Crippen molar-refractivity contribution in [2.45, 2.75) is 13.8 Å². The molecule has 0 saturated heterocycles. The van der Waals surface area contributed by atoms with Gasteiger partial charge < -0.3 is 4.90 Å².